The van der Waals surface area contributed by atoms with E-state index in [1.165, 1.54) is 0 Å². The van der Waals surface area contributed by atoms with E-state index in [0.717, 1.165) is 16.5 Å². The number of pyridine rings is 1. The maximum absolute atomic E-state index is 12.0. The number of hydrogen-bond donors (Lipinski definition) is 1. The summed E-state index contributed by atoms with van der Waals surface area (Å²) >= 11 is 0. The van der Waals surface area contributed by atoms with Gasteiger partial charge in [0.2, 0.25) is 15.9 Å². The van der Waals surface area contributed by atoms with Crippen molar-refractivity contribution in [1.82, 2.24) is 9.88 Å². The highest BCUT2D eigenvalue weighted by Gasteiger charge is 2.31. The number of carbonyl (C=O) groups is 1. The lowest BCUT2D eigenvalue weighted by atomic mass is 10.1. The Bertz CT molecular complexity index is 820. The van der Waals surface area contributed by atoms with E-state index < -0.39 is 10.0 Å². The third-order valence-electron chi connectivity index (χ3n) is 3.80. The van der Waals surface area contributed by atoms with Crippen LogP contribution in [0.15, 0.2) is 36.5 Å². The largest absolute Gasteiger partial charge is 0.338 e. The van der Waals surface area contributed by atoms with Crippen molar-refractivity contribution in [3.05, 3.63) is 42.1 Å². The number of carbonyl (C=O) groups excluding carboxylic acids is 1. The van der Waals surface area contributed by atoms with E-state index >= 15 is 0 Å². The van der Waals surface area contributed by atoms with Crippen LogP contribution < -0.4 is 5.14 Å². The summed E-state index contributed by atoms with van der Waals surface area (Å²) in [6, 6.07) is 9.71. The zero-order valence-corrected chi connectivity index (χ0v) is 12.8. The molecule has 1 unspecified atom stereocenters. The molecule has 0 bridgehead atoms. The topological polar surface area (TPSA) is 93.4 Å². The number of sulfonamides is 1. The molecule has 1 saturated heterocycles. The van der Waals surface area contributed by atoms with Crippen LogP contribution in [0.5, 0.6) is 0 Å². The molecular weight excluding hydrogens is 302 g/mol. The van der Waals surface area contributed by atoms with Gasteiger partial charge in [0, 0.05) is 37.0 Å². The number of fused-ring (bicyclic) bond motifs is 1. The fourth-order valence-corrected chi connectivity index (χ4v) is 3.77. The first kappa shape index (κ1) is 14.9. The van der Waals surface area contributed by atoms with Gasteiger partial charge in [0.25, 0.3) is 0 Å². The van der Waals surface area contributed by atoms with Crippen molar-refractivity contribution in [3.8, 4) is 0 Å². The Hall–Kier alpha value is -1.99. The molecule has 1 fully saturated rings. The first-order valence-corrected chi connectivity index (χ1v) is 8.74. The molecule has 0 aliphatic carbocycles. The van der Waals surface area contributed by atoms with Crippen LogP contribution in [0.1, 0.15) is 12.0 Å². The van der Waals surface area contributed by atoms with Gasteiger partial charge in [-0.3, -0.25) is 9.78 Å². The van der Waals surface area contributed by atoms with Gasteiger partial charge in [0.15, 0.2) is 0 Å². The minimum Gasteiger partial charge on any atom is -0.338 e. The molecule has 1 amide bonds. The Morgan fingerprint density at radius 1 is 1.32 bits per heavy atom. The van der Waals surface area contributed by atoms with Crippen LogP contribution in [0.4, 0.5) is 0 Å². The molecule has 2 heterocycles. The average Bonchev–Trinajstić information content (AvgIpc) is 2.76. The van der Waals surface area contributed by atoms with E-state index in [1.807, 2.05) is 30.3 Å². The minimum atomic E-state index is -3.54. The second-order valence-corrected chi connectivity index (χ2v) is 7.36. The molecule has 1 aliphatic heterocycles. The van der Waals surface area contributed by atoms with Gasteiger partial charge < -0.3 is 4.90 Å². The highest BCUT2D eigenvalue weighted by Crippen LogP contribution is 2.22. The van der Waals surface area contributed by atoms with Crippen molar-refractivity contribution in [2.45, 2.75) is 13.0 Å². The van der Waals surface area contributed by atoms with E-state index in [2.05, 4.69) is 4.98 Å². The van der Waals surface area contributed by atoms with Gasteiger partial charge in [-0.2, -0.15) is 0 Å². The predicted molar refractivity (Wildman–Crippen MR) is 83.2 cm³/mol. The van der Waals surface area contributed by atoms with Gasteiger partial charge in [-0.1, -0.05) is 12.1 Å². The zero-order chi connectivity index (χ0) is 15.7. The molecule has 1 aromatic heterocycles. The fraction of sp³-hybridized carbons (Fsp3) is 0.333. The maximum Gasteiger partial charge on any atom is 0.223 e. The van der Waals surface area contributed by atoms with Crippen LogP contribution in [0.3, 0.4) is 0 Å². The lowest BCUT2D eigenvalue weighted by Gasteiger charge is -2.17. The molecule has 1 atom stereocenters. The van der Waals surface area contributed by atoms with E-state index in [-0.39, 0.29) is 24.0 Å². The normalized spacial score (nSPS) is 19.0. The molecule has 7 heteroatoms. The molecule has 6 nitrogen and oxygen atoms in total. The number of nitrogens with two attached hydrogens (primary N) is 1. The van der Waals surface area contributed by atoms with Crippen LogP contribution in [0.25, 0.3) is 10.9 Å². The zero-order valence-electron chi connectivity index (χ0n) is 12.0. The fourth-order valence-electron chi connectivity index (χ4n) is 2.89. The summed E-state index contributed by atoms with van der Waals surface area (Å²) in [5.74, 6) is -0.388. The summed E-state index contributed by atoms with van der Waals surface area (Å²) in [5, 5.41) is 6.08. The molecular formula is C15H17N3O3S. The second kappa shape index (κ2) is 5.66. The van der Waals surface area contributed by atoms with Crippen molar-refractivity contribution in [3.63, 3.8) is 0 Å². The molecule has 1 aromatic carbocycles. The minimum absolute atomic E-state index is 0.0278. The second-order valence-electron chi connectivity index (χ2n) is 5.70. The standard InChI is InChI=1S/C15H17N3O3S/c16-22(20,21)10-12-7-15(19)18(9-12)8-11-3-4-14-13(6-11)2-1-5-17-14/h1-6,12H,7-10H2,(H2,16,20,21). The molecule has 0 spiro atoms. The molecule has 3 rings (SSSR count). The number of hydrogen-bond acceptors (Lipinski definition) is 4. The van der Waals surface area contributed by atoms with Gasteiger partial charge in [0.05, 0.1) is 11.3 Å². The van der Waals surface area contributed by atoms with Gasteiger partial charge >= 0.3 is 0 Å². The Labute approximate surface area is 129 Å². The van der Waals surface area contributed by atoms with Gasteiger partial charge in [-0.25, -0.2) is 13.6 Å². The highest BCUT2D eigenvalue weighted by molar-refractivity contribution is 7.89. The van der Waals surface area contributed by atoms with Crippen molar-refractivity contribution < 1.29 is 13.2 Å². The molecule has 22 heavy (non-hydrogen) atoms. The number of nitrogens with zero attached hydrogens (tertiary/aromatic N) is 2. The van der Waals surface area contributed by atoms with Crippen molar-refractivity contribution in [2.24, 2.45) is 11.1 Å². The monoisotopic (exact) mass is 319 g/mol. The first-order chi connectivity index (χ1) is 10.4. The third kappa shape index (κ3) is 3.42. The van der Waals surface area contributed by atoms with Crippen molar-refractivity contribution >= 4 is 26.8 Å². The number of rotatable bonds is 4. The quantitative estimate of drug-likeness (QED) is 0.905. The lowest BCUT2D eigenvalue weighted by molar-refractivity contribution is -0.128. The number of aromatic nitrogens is 1. The summed E-state index contributed by atoms with van der Waals surface area (Å²) in [4.78, 5) is 18.0. The number of likely N-dealkylation sites (tertiary alicyclic amines) is 1. The third-order valence-corrected chi connectivity index (χ3v) is 4.74. The molecule has 2 N–H and O–H groups in total. The van der Waals surface area contributed by atoms with E-state index in [0.29, 0.717) is 13.1 Å². The van der Waals surface area contributed by atoms with Crippen LogP contribution in [-0.2, 0) is 21.4 Å². The van der Waals surface area contributed by atoms with Crippen molar-refractivity contribution in [1.29, 1.82) is 0 Å². The Morgan fingerprint density at radius 3 is 2.91 bits per heavy atom. The average molecular weight is 319 g/mol. The first-order valence-electron chi connectivity index (χ1n) is 7.02. The van der Waals surface area contributed by atoms with E-state index in [9.17, 15) is 13.2 Å². The van der Waals surface area contributed by atoms with E-state index in [1.54, 1.807) is 11.1 Å². The molecule has 116 valence electrons. The van der Waals surface area contributed by atoms with Gasteiger partial charge in [-0.15, -0.1) is 0 Å². The van der Waals surface area contributed by atoms with Crippen molar-refractivity contribution in [2.75, 3.05) is 12.3 Å². The summed E-state index contributed by atoms with van der Waals surface area (Å²) in [7, 11) is -3.54. The van der Waals surface area contributed by atoms with Crippen LogP contribution >= 0.6 is 0 Å². The Morgan fingerprint density at radius 2 is 2.14 bits per heavy atom. The SMILES string of the molecule is NS(=O)(=O)CC1CC(=O)N(Cc2ccc3ncccc3c2)C1. The van der Waals surface area contributed by atoms with Crippen LogP contribution in [-0.4, -0.2) is 36.5 Å². The Kier molecular flexibility index (Phi) is 3.84. The number of benzene rings is 1. The maximum atomic E-state index is 12.0. The smallest absolute Gasteiger partial charge is 0.223 e. The highest BCUT2D eigenvalue weighted by atomic mass is 32.2. The van der Waals surface area contributed by atoms with Crippen LogP contribution in [0, 0.1) is 5.92 Å². The lowest BCUT2D eigenvalue weighted by Crippen LogP contribution is -2.27. The molecule has 1 aliphatic rings. The summed E-state index contributed by atoms with van der Waals surface area (Å²) in [6.07, 6.45) is 1.98. The Balaban J connectivity index is 1.73. The number of primary sulfonamides is 1. The summed E-state index contributed by atoms with van der Waals surface area (Å²) < 4.78 is 22.3. The summed E-state index contributed by atoms with van der Waals surface area (Å²) in [5.41, 5.74) is 1.91. The summed E-state index contributed by atoms with van der Waals surface area (Å²) in [6.45, 7) is 0.908. The van der Waals surface area contributed by atoms with Gasteiger partial charge in [-0.05, 0) is 23.8 Å². The predicted octanol–water partition coefficient (Wildman–Crippen LogP) is 0.872. The molecule has 0 radical (unpaired) electrons. The molecule has 0 saturated carbocycles. The van der Waals surface area contributed by atoms with E-state index in [4.69, 9.17) is 5.14 Å². The molecule has 2 aromatic rings. The van der Waals surface area contributed by atoms with Gasteiger partial charge in [0.1, 0.15) is 0 Å². The van der Waals surface area contributed by atoms with Crippen LogP contribution in [0.2, 0.25) is 0 Å². The number of amides is 1.